The molecule has 2 rings (SSSR count). The molecule has 0 unspecified atom stereocenters. The van der Waals surface area contributed by atoms with Gasteiger partial charge >= 0.3 is 0 Å². The number of carbonyl (C=O) groups excluding carboxylic acids is 1. The van der Waals surface area contributed by atoms with E-state index in [2.05, 4.69) is 17.0 Å². The minimum Gasteiger partial charge on any atom is -0.376 e. The number of aromatic nitrogens is 2. The Labute approximate surface area is 125 Å². The fourth-order valence-corrected chi connectivity index (χ4v) is 2.37. The monoisotopic (exact) mass is 283 g/mol. The minimum atomic E-state index is -0.0610. The predicted octanol–water partition coefficient (Wildman–Crippen LogP) is 3.29. The molecule has 1 heterocycles. The SMILES string of the molecule is C=CCc1c(C)nn(C(=O)CNc2ccccc2C)c1C. The lowest BCUT2D eigenvalue weighted by Gasteiger charge is -2.09. The summed E-state index contributed by atoms with van der Waals surface area (Å²) in [6.45, 7) is 9.82. The molecule has 110 valence electrons. The van der Waals surface area contributed by atoms with Gasteiger partial charge in [-0.3, -0.25) is 4.79 Å². The highest BCUT2D eigenvalue weighted by molar-refractivity contribution is 5.83. The highest BCUT2D eigenvalue weighted by Gasteiger charge is 2.15. The van der Waals surface area contributed by atoms with E-state index in [1.165, 1.54) is 4.68 Å². The van der Waals surface area contributed by atoms with E-state index in [1.807, 2.05) is 51.1 Å². The Bertz CT molecular complexity index is 671. The second-order valence-corrected chi connectivity index (χ2v) is 5.12. The Morgan fingerprint density at radius 3 is 2.71 bits per heavy atom. The molecule has 0 spiro atoms. The zero-order chi connectivity index (χ0) is 15.4. The van der Waals surface area contributed by atoms with Crippen molar-refractivity contribution >= 4 is 11.6 Å². The van der Waals surface area contributed by atoms with Gasteiger partial charge in [-0.1, -0.05) is 24.3 Å². The molecular weight excluding hydrogens is 262 g/mol. The maximum Gasteiger partial charge on any atom is 0.266 e. The van der Waals surface area contributed by atoms with Gasteiger partial charge in [0, 0.05) is 16.9 Å². The first kappa shape index (κ1) is 15.0. The normalized spacial score (nSPS) is 10.4. The number of nitrogens with zero attached hydrogens (tertiary/aromatic N) is 2. The van der Waals surface area contributed by atoms with Crippen molar-refractivity contribution < 1.29 is 4.79 Å². The Morgan fingerprint density at radius 2 is 2.05 bits per heavy atom. The minimum absolute atomic E-state index is 0.0610. The first-order chi connectivity index (χ1) is 10.0. The largest absolute Gasteiger partial charge is 0.376 e. The quantitative estimate of drug-likeness (QED) is 0.857. The zero-order valence-corrected chi connectivity index (χ0v) is 12.8. The van der Waals surface area contributed by atoms with Crippen LogP contribution in [-0.4, -0.2) is 22.2 Å². The molecule has 0 aliphatic carbocycles. The number of carbonyl (C=O) groups is 1. The summed E-state index contributed by atoms with van der Waals surface area (Å²) < 4.78 is 1.49. The molecule has 0 aliphatic rings. The number of nitrogens with one attached hydrogen (secondary N) is 1. The van der Waals surface area contributed by atoms with E-state index in [1.54, 1.807) is 0 Å². The van der Waals surface area contributed by atoms with E-state index < -0.39 is 0 Å². The Kier molecular flexibility index (Phi) is 4.58. The van der Waals surface area contributed by atoms with Crippen molar-refractivity contribution in [2.45, 2.75) is 27.2 Å². The van der Waals surface area contributed by atoms with Gasteiger partial charge in [0.05, 0.1) is 12.2 Å². The highest BCUT2D eigenvalue weighted by atomic mass is 16.2. The molecule has 1 aromatic heterocycles. The molecule has 0 bridgehead atoms. The van der Waals surface area contributed by atoms with Crippen LogP contribution in [-0.2, 0) is 6.42 Å². The standard InChI is InChI=1S/C17H21N3O/c1-5-8-15-13(3)19-20(14(15)4)17(21)11-18-16-10-7-6-9-12(16)2/h5-7,9-10,18H,1,8,11H2,2-4H3. The van der Waals surface area contributed by atoms with Crippen molar-refractivity contribution in [1.29, 1.82) is 0 Å². The molecule has 1 N–H and O–H groups in total. The van der Waals surface area contributed by atoms with Crippen molar-refractivity contribution in [2.75, 3.05) is 11.9 Å². The van der Waals surface area contributed by atoms with Crippen LogP contribution in [0.4, 0.5) is 5.69 Å². The third-order valence-corrected chi connectivity index (χ3v) is 3.60. The van der Waals surface area contributed by atoms with Crippen LogP contribution in [0.15, 0.2) is 36.9 Å². The lowest BCUT2D eigenvalue weighted by molar-refractivity contribution is 0.0910. The van der Waals surface area contributed by atoms with Crippen molar-refractivity contribution in [3.63, 3.8) is 0 Å². The molecule has 2 aromatic rings. The van der Waals surface area contributed by atoms with E-state index >= 15 is 0 Å². The third-order valence-electron chi connectivity index (χ3n) is 3.60. The molecule has 0 aliphatic heterocycles. The number of rotatable bonds is 5. The van der Waals surface area contributed by atoms with Gasteiger partial charge in [0.1, 0.15) is 0 Å². The molecular formula is C17H21N3O. The highest BCUT2D eigenvalue weighted by Crippen LogP contribution is 2.15. The summed E-state index contributed by atoms with van der Waals surface area (Å²) in [6, 6.07) is 7.90. The second-order valence-electron chi connectivity index (χ2n) is 5.12. The van der Waals surface area contributed by atoms with Gasteiger partial charge < -0.3 is 5.32 Å². The van der Waals surface area contributed by atoms with Gasteiger partial charge in [0.15, 0.2) is 0 Å². The van der Waals surface area contributed by atoms with Crippen molar-refractivity contribution in [3.8, 4) is 0 Å². The lowest BCUT2D eigenvalue weighted by Crippen LogP contribution is -2.23. The average molecular weight is 283 g/mol. The molecule has 0 amide bonds. The van der Waals surface area contributed by atoms with Crippen molar-refractivity contribution in [1.82, 2.24) is 9.78 Å². The first-order valence-corrected chi connectivity index (χ1v) is 7.03. The second kappa shape index (κ2) is 6.39. The molecule has 0 saturated heterocycles. The zero-order valence-electron chi connectivity index (χ0n) is 12.8. The van der Waals surface area contributed by atoms with Crippen LogP contribution >= 0.6 is 0 Å². The van der Waals surface area contributed by atoms with Crippen LogP contribution in [0.5, 0.6) is 0 Å². The average Bonchev–Trinajstić information content (AvgIpc) is 2.75. The van der Waals surface area contributed by atoms with Gasteiger partial charge in [-0.05, 0) is 38.8 Å². The number of aryl methyl sites for hydroxylation is 2. The fourth-order valence-electron chi connectivity index (χ4n) is 2.37. The summed E-state index contributed by atoms with van der Waals surface area (Å²) in [6.07, 6.45) is 2.56. The lowest BCUT2D eigenvalue weighted by atomic mass is 10.1. The van der Waals surface area contributed by atoms with Gasteiger partial charge in [0.25, 0.3) is 5.91 Å². The summed E-state index contributed by atoms with van der Waals surface area (Å²) in [5, 5.41) is 7.51. The van der Waals surface area contributed by atoms with Crippen molar-refractivity contribution in [3.05, 3.63) is 59.4 Å². The molecule has 0 saturated carbocycles. The van der Waals surface area contributed by atoms with Gasteiger partial charge in [-0.15, -0.1) is 6.58 Å². The maximum atomic E-state index is 12.3. The summed E-state index contributed by atoms with van der Waals surface area (Å²) >= 11 is 0. The van der Waals surface area contributed by atoms with E-state index in [-0.39, 0.29) is 12.5 Å². The first-order valence-electron chi connectivity index (χ1n) is 7.03. The van der Waals surface area contributed by atoms with E-state index in [0.29, 0.717) is 0 Å². The van der Waals surface area contributed by atoms with Crippen LogP contribution in [0, 0.1) is 20.8 Å². The van der Waals surface area contributed by atoms with Crippen LogP contribution in [0.25, 0.3) is 0 Å². The van der Waals surface area contributed by atoms with Crippen LogP contribution in [0.1, 0.15) is 27.3 Å². The summed E-state index contributed by atoms with van der Waals surface area (Å²) in [5.41, 5.74) is 4.94. The predicted molar refractivity (Wildman–Crippen MR) is 85.9 cm³/mol. The van der Waals surface area contributed by atoms with Crippen LogP contribution in [0.2, 0.25) is 0 Å². The molecule has 1 aromatic carbocycles. The smallest absolute Gasteiger partial charge is 0.266 e. The maximum absolute atomic E-state index is 12.3. The van der Waals surface area contributed by atoms with Gasteiger partial charge in [-0.2, -0.15) is 5.10 Å². The summed E-state index contributed by atoms with van der Waals surface area (Å²) in [7, 11) is 0. The van der Waals surface area contributed by atoms with Crippen LogP contribution < -0.4 is 5.32 Å². The Balaban J connectivity index is 2.12. The fraction of sp³-hybridized carbons (Fsp3) is 0.294. The number of hydrogen-bond donors (Lipinski definition) is 1. The molecule has 4 heteroatoms. The Morgan fingerprint density at radius 1 is 1.33 bits per heavy atom. The molecule has 21 heavy (non-hydrogen) atoms. The molecule has 0 radical (unpaired) electrons. The summed E-state index contributed by atoms with van der Waals surface area (Å²) in [4.78, 5) is 12.3. The number of allylic oxidation sites excluding steroid dienone is 1. The summed E-state index contributed by atoms with van der Waals surface area (Å²) in [5.74, 6) is -0.0610. The number of anilines is 1. The van der Waals surface area contributed by atoms with Crippen LogP contribution in [0.3, 0.4) is 0 Å². The van der Waals surface area contributed by atoms with E-state index in [9.17, 15) is 4.79 Å². The topological polar surface area (TPSA) is 46.9 Å². The molecule has 0 fully saturated rings. The third kappa shape index (κ3) is 3.21. The number of benzene rings is 1. The van der Waals surface area contributed by atoms with Gasteiger partial charge in [0.2, 0.25) is 0 Å². The molecule has 4 nitrogen and oxygen atoms in total. The number of para-hydroxylation sites is 1. The molecule has 0 atom stereocenters. The number of hydrogen-bond acceptors (Lipinski definition) is 3. The van der Waals surface area contributed by atoms with E-state index in [4.69, 9.17) is 0 Å². The van der Waals surface area contributed by atoms with Gasteiger partial charge in [-0.25, -0.2) is 4.68 Å². The van der Waals surface area contributed by atoms with E-state index in [0.717, 1.165) is 34.6 Å². The Hall–Kier alpha value is -2.36. The van der Waals surface area contributed by atoms with Crippen molar-refractivity contribution in [2.24, 2.45) is 0 Å².